The number of methoxy groups -OCH3 is 1. The molecule has 0 spiro atoms. The molecular formula is C13H17NO3. The number of hydrogen-bond acceptors (Lipinski definition) is 3. The molecule has 2 rings (SSSR count). The molecule has 1 unspecified atom stereocenters. The molecule has 1 aliphatic carbocycles. The maximum Gasteiger partial charge on any atom is 0.305 e. The largest absolute Gasteiger partial charge is 0.497 e. The molecular weight excluding hydrogens is 218 g/mol. The predicted molar refractivity (Wildman–Crippen MR) is 64.1 cm³/mol. The molecule has 3 N–H and O–H groups in total. The third kappa shape index (κ3) is 2.26. The van der Waals surface area contributed by atoms with Gasteiger partial charge in [-0.2, -0.15) is 0 Å². The summed E-state index contributed by atoms with van der Waals surface area (Å²) >= 11 is 0. The van der Waals surface area contributed by atoms with E-state index in [1.807, 2.05) is 18.2 Å². The maximum atomic E-state index is 10.9. The lowest BCUT2D eigenvalue weighted by atomic mass is 9.75. The van der Waals surface area contributed by atoms with E-state index in [0.717, 1.165) is 36.1 Å². The molecule has 1 aliphatic rings. The molecule has 0 fully saturated rings. The van der Waals surface area contributed by atoms with E-state index in [1.54, 1.807) is 7.11 Å². The van der Waals surface area contributed by atoms with Crippen molar-refractivity contribution >= 4 is 5.97 Å². The number of rotatable bonds is 3. The van der Waals surface area contributed by atoms with Gasteiger partial charge in [-0.3, -0.25) is 4.79 Å². The Hall–Kier alpha value is -1.55. The molecule has 0 bridgehead atoms. The van der Waals surface area contributed by atoms with Crippen LogP contribution in [0.1, 0.15) is 30.4 Å². The van der Waals surface area contributed by atoms with Crippen LogP contribution in [0.25, 0.3) is 0 Å². The Labute approximate surface area is 100 Å². The fourth-order valence-corrected chi connectivity index (χ4v) is 2.57. The molecule has 0 radical (unpaired) electrons. The van der Waals surface area contributed by atoms with Gasteiger partial charge in [0, 0.05) is 0 Å². The zero-order chi connectivity index (χ0) is 12.5. The first kappa shape index (κ1) is 11.9. The number of carboxylic acids is 1. The van der Waals surface area contributed by atoms with Crippen LogP contribution >= 0.6 is 0 Å². The van der Waals surface area contributed by atoms with E-state index in [-0.39, 0.29) is 6.42 Å². The van der Waals surface area contributed by atoms with E-state index in [1.165, 1.54) is 0 Å². The van der Waals surface area contributed by atoms with Gasteiger partial charge in [0.2, 0.25) is 0 Å². The first-order valence-electron chi connectivity index (χ1n) is 5.73. The molecule has 4 heteroatoms. The summed E-state index contributed by atoms with van der Waals surface area (Å²) < 4.78 is 5.17. The third-order valence-corrected chi connectivity index (χ3v) is 3.38. The molecule has 92 valence electrons. The molecule has 17 heavy (non-hydrogen) atoms. The van der Waals surface area contributed by atoms with E-state index in [0.29, 0.717) is 0 Å². The fourth-order valence-electron chi connectivity index (χ4n) is 2.57. The maximum absolute atomic E-state index is 10.9. The van der Waals surface area contributed by atoms with Gasteiger partial charge in [0.25, 0.3) is 0 Å². The summed E-state index contributed by atoms with van der Waals surface area (Å²) in [5.41, 5.74) is 7.57. The molecule has 0 heterocycles. The summed E-state index contributed by atoms with van der Waals surface area (Å²) in [6, 6.07) is 5.70. The molecule has 0 saturated carbocycles. The van der Waals surface area contributed by atoms with Crippen LogP contribution in [-0.2, 0) is 16.8 Å². The van der Waals surface area contributed by atoms with Crippen LogP contribution in [0.15, 0.2) is 18.2 Å². The summed E-state index contributed by atoms with van der Waals surface area (Å²) in [7, 11) is 1.62. The number of ether oxygens (including phenoxy) is 1. The highest BCUT2D eigenvalue weighted by Gasteiger charge is 2.34. The highest BCUT2D eigenvalue weighted by molar-refractivity contribution is 5.69. The Balaban J connectivity index is 2.40. The number of carboxylic acid groups (broad SMARTS) is 1. The number of nitrogens with two attached hydrogens (primary N) is 1. The van der Waals surface area contributed by atoms with Crippen molar-refractivity contribution < 1.29 is 14.6 Å². The fraction of sp³-hybridized carbons (Fsp3) is 0.462. The Morgan fingerprint density at radius 3 is 3.00 bits per heavy atom. The summed E-state index contributed by atoms with van der Waals surface area (Å²) in [6.45, 7) is 0. The highest BCUT2D eigenvalue weighted by Crippen LogP contribution is 2.37. The monoisotopic (exact) mass is 235 g/mol. The zero-order valence-electron chi connectivity index (χ0n) is 9.90. The Kier molecular flexibility index (Phi) is 3.07. The van der Waals surface area contributed by atoms with Crippen molar-refractivity contribution in [3.63, 3.8) is 0 Å². The number of carbonyl (C=O) groups is 1. The minimum Gasteiger partial charge on any atom is -0.497 e. The minimum absolute atomic E-state index is 0.0215. The van der Waals surface area contributed by atoms with Crippen LogP contribution in [0.5, 0.6) is 5.75 Å². The van der Waals surface area contributed by atoms with Crippen LogP contribution in [-0.4, -0.2) is 18.2 Å². The summed E-state index contributed by atoms with van der Waals surface area (Å²) in [5.74, 6) is -0.0560. The number of fused-ring (bicyclic) bond motifs is 1. The summed E-state index contributed by atoms with van der Waals surface area (Å²) in [5, 5.41) is 8.95. The lowest BCUT2D eigenvalue weighted by Crippen LogP contribution is -2.42. The number of hydrogen-bond donors (Lipinski definition) is 2. The Bertz CT molecular complexity index is 444. The molecule has 0 aliphatic heterocycles. The average Bonchev–Trinajstić information content (AvgIpc) is 2.27. The lowest BCUT2D eigenvalue weighted by molar-refractivity contribution is -0.138. The van der Waals surface area contributed by atoms with Crippen molar-refractivity contribution in [3.05, 3.63) is 29.3 Å². The van der Waals surface area contributed by atoms with Crippen molar-refractivity contribution in [1.29, 1.82) is 0 Å². The second-order valence-corrected chi connectivity index (χ2v) is 4.60. The van der Waals surface area contributed by atoms with Crippen LogP contribution in [0.2, 0.25) is 0 Å². The zero-order valence-corrected chi connectivity index (χ0v) is 9.90. The van der Waals surface area contributed by atoms with E-state index in [4.69, 9.17) is 15.6 Å². The molecule has 0 amide bonds. The van der Waals surface area contributed by atoms with Gasteiger partial charge in [-0.25, -0.2) is 0 Å². The molecule has 1 aromatic carbocycles. The third-order valence-electron chi connectivity index (χ3n) is 3.38. The Morgan fingerprint density at radius 1 is 1.59 bits per heavy atom. The van der Waals surface area contributed by atoms with Gasteiger partial charge in [0.05, 0.1) is 19.1 Å². The Morgan fingerprint density at radius 2 is 2.35 bits per heavy atom. The van der Waals surface area contributed by atoms with Gasteiger partial charge >= 0.3 is 5.97 Å². The predicted octanol–water partition coefficient (Wildman–Crippen LogP) is 1.66. The standard InChI is InChI=1S/C13H17NO3/c1-17-10-4-5-11-9(7-10)3-2-6-13(11,14)8-12(15)16/h4-5,7H,2-3,6,8,14H2,1H3,(H,15,16). The van der Waals surface area contributed by atoms with Gasteiger partial charge < -0.3 is 15.6 Å². The molecule has 0 saturated heterocycles. The average molecular weight is 235 g/mol. The molecule has 1 atom stereocenters. The smallest absolute Gasteiger partial charge is 0.305 e. The van der Waals surface area contributed by atoms with Crippen LogP contribution in [0, 0.1) is 0 Å². The van der Waals surface area contributed by atoms with E-state index < -0.39 is 11.5 Å². The summed E-state index contributed by atoms with van der Waals surface area (Å²) in [6.07, 6.45) is 2.56. The molecule has 1 aromatic rings. The lowest BCUT2D eigenvalue weighted by Gasteiger charge is -2.34. The second-order valence-electron chi connectivity index (χ2n) is 4.60. The second kappa shape index (κ2) is 4.37. The van der Waals surface area contributed by atoms with Gasteiger partial charge in [0.1, 0.15) is 5.75 Å². The van der Waals surface area contributed by atoms with Crippen LogP contribution in [0.4, 0.5) is 0 Å². The highest BCUT2D eigenvalue weighted by atomic mass is 16.5. The number of benzene rings is 1. The van der Waals surface area contributed by atoms with Crippen molar-refractivity contribution in [1.82, 2.24) is 0 Å². The number of aryl methyl sites for hydroxylation is 1. The van der Waals surface area contributed by atoms with Gasteiger partial charge in [-0.1, -0.05) is 6.07 Å². The van der Waals surface area contributed by atoms with Crippen molar-refractivity contribution in [2.75, 3.05) is 7.11 Å². The van der Waals surface area contributed by atoms with Crippen molar-refractivity contribution in [3.8, 4) is 5.75 Å². The molecule has 4 nitrogen and oxygen atoms in total. The van der Waals surface area contributed by atoms with E-state index in [9.17, 15) is 4.79 Å². The SMILES string of the molecule is COc1ccc2c(c1)CCCC2(N)CC(=O)O. The van der Waals surface area contributed by atoms with Gasteiger partial charge in [0.15, 0.2) is 0 Å². The summed E-state index contributed by atoms with van der Waals surface area (Å²) in [4.78, 5) is 10.9. The minimum atomic E-state index is -0.851. The quantitative estimate of drug-likeness (QED) is 0.835. The van der Waals surface area contributed by atoms with Gasteiger partial charge in [-0.05, 0) is 42.5 Å². The van der Waals surface area contributed by atoms with Crippen molar-refractivity contribution in [2.45, 2.75) is 31.2 Å². The van der Waals surface area contributed by atoms with Crippen LogP contribution < -0.4 is 10.5 Å². The number of aliphatic carboxylic acids is 1. The normalized spacial score (nSPS) is 22.9. The van der Waals surface area contributed by atoms with E-state index in [2.05, 4.69) is 0 Å². The topological polar surface area (TPSA) is 72.5 Å². The molecule has 0 aromatic heterocycles. The van der Waals surface area contributed by atoms with Crippen molar-refractivity contribution in [2.24, 2.45) is 5.73 Å². The van der Waals surface area contributed by atoms with Gasteiger partial charge in [-0.15, -0.1) is 0 Å². The first-order valence-corrected chi connectivity index (χ1v) is 5.73. The van der Waals surface area contributed by atoms with Crippen LogP contribution in [0.3, 0.4) is 0 Å². The van der Waals surface area contributed by atoms with E-state index >= 15 is 0 Å². The first-order chi connectivity index (χ1) is 8.05.